The monoisotopic (exact) mass is 640 g/mol. The first-order valence-corrected chi connectivity index (χ1v) is 12.4. The highest BCUT2D eigenvalue weighted by molar-refractivity contribution is 14.1. The molecule has 6 nitrogen and oxygen atoms in total. The first-order valence-electron chi connectivity index (χ1n) is 9.45. The number of amides is 3. The van der Waals surface area contributed by atoms with Crippen molar-refractivity contribution in [2.24, 2.45) is 5.92 Å². The number of hydrogen-bond acceptors (Lipinski definition) is 5. The number of piperidine rings is 1. The molecule has 0 atom stereocenters. The number of benzene rings is 1. The van der Waals surface area contributed by atoms with E-state index in [1.807, 2.05) is 19.1 Å². The molecule has 2 saturated heterocycles. The molecule has 0 N–H and O–H groups in total. The molecular weight excluding hydrogens is 618 g/mol. The Morgan fingerprint density at radius 1 is 1.28 bits per heavy atom. The fraction of sp³-hybridized carbons (Fsp3) is 0.450. The summed E-state index contributed by atoms with van der Waals surface area (Å²) < 4.78 is 7.69. The van der Waals surface area contributed by atoms with E-state index in [4.69, 9.17) is 4.74 Å². The number of imide groups is 1. The Hall–Kier alpha value is -0.820. The summed E-state index contributed by atoms with van der Waals surface area (Å²) >= 11 is 5.28. The third kappa shape index (κ3) is 5.46. The van der Waals surface area contributed by atoms with Crippen molar-refractivity contribution in [3.63, 3.8) is 0 Å². The molecule has 0 radical (unpaired) electrons. The summed E-state index contributed by atoms with van der Waals surface area (Å²) in [7, 11) is 0. The number of thioether (sulfide) groups is 1. The van der Waals surface area contributed by atoms with Gasteiger partial charge < -0.3 is 9.64 Å². The third-order valence-corrected chi connectivity index (χ3v) is 7.25. The van der Waals surface area contributed by atoms with Gasteiger partial charge in [0, 0.05) is 22.2 Å². The summed E-state index contributed by atoms with van der Waals surface area (Å²) in [6.07, 6.45) is 3.60. The quantitative estimate of drug-likeness (QED) is 0.348. The van der Waals surface area contributed by atoms with Crippen LogP contribution in [0.25, 0.3) is 6.08 Å². The van der Waals surface area contributed by atoms with E-state index < -0.39 is 11.1 Å². The van der Waals surface area contributed by atoms with Gasteiger partial charge in [0.2, 0.25) is 5.91 Å². The summed E-state index contributed by atoms with van der Waals surface area (Å²) in [5, 5.41) is -0.404. The highest BCUT2D eigenvalue weighted by Crippen LogP contribution is 2.36. The second-order valence-electron chi connectivity index (χ2n) is 7.07. The number of hydrogen-bond donors (Lipinski definition) is 0. The molecule has 0 saturated carbocycles. The van der Waals surface area contributed by atoms with E-state index in [1.165, 1.54) is 0 Å². The minimum atomic E-state index is -0.421. The number of halogens is 2. The Bertz CT molecular complexity index is 866. The predicted octanol–water partition coefficient (Wildman–Crippen LogP) is 4.59. The molecule has 0 aliphatic carbocycles. The zero-order valence-corrected chi connectivity index (χ0v) is 21.4. The molecule has 2 heterocycles. The van der Waals surface area contributed by atoms with Gasteiger partial charge in [0.1, 0.15) is 12.3 Å². The van der Waals surface area contributed by atoms with Gasteiger partial charge in [-0.3, -0.25) is 19.3 Å². The van der Waals surface area contributed by atoms with Crippen LogP contribution in [-0.4, -0.2) is 53.1 Å². The highest BCUT2D eigenvalue weighted by Gasteiger charge is 2.37. The standard InChI is InChI=1S/C20H22I2N2O4S/c1-3-28-18-13(8-14(21)10-15(18)22)9-16-19(26)24(20(27)29-16)11-17(25)23-6-4-12(2)5-7-23/h8-10,12H,3-7,11H2,1-2H3/b16-9+. The summed E-state index contributed by atoms with van der Waals surface area (Å²) in [6, 6.07) is 3.91. The van der Waals surface area contributed by atoms with Gasteiger partial charge in [-0.1, -0.05) is 6.92 Å². The van der Waals surface area contributed by atoms with Gasteiger partial charge in [-0.05, 0) is 101 Å². The number of nitrogens with zero attached hydrogens (tertiary/aromatic N) is 2. The van der Waals surface area contributed by atoms with E-state index in [9.17, 15) is 14.4 Å². The number of carbonyl (C=O) groups is 3. The lowest BCUT2D eigenvalue weighted by molar-refractivity contribution is -0.136. The van der Waals surface area contributed by atoms with E-state index in [0.29, 0.717) is 36.3 Å². The average molecular weight is 640 g/mol. The summed E-state index contributed by atoms with van der Waals surface area (Å²) in [4.78, 5) is 40.9. The van der Waals surface area contributed by atoms with Crippen LogP contribution in [0.4, 0.5) is 4.79 Å². The third-order valence-electron chi connectivity index (χ3n) is 4.92. The molecule has 2 aliphatic heterocycles. The van der Waals surface area contributed by atoms with Gasteiger partial charge in [-0.15, -0.1) is 0 Å². The SMILES string of the molecule is CCOc1c(I)cc(I)cc1/C=C1/SC(=O)N(CC(=O)N2CCC(C)CC2)C1=O. The van der Waals surface area contributed by atoms with Crippen molar-refractivity contribution in [3.8, 4) is 5.75 Å². The first-order chi connectivity index (χ1) is 13.8. The molecule has 156 valence electrons. The molecule has 3 amide bonds. The van der Waals surface area contributed by atoms with Crippen LogP contribution in [0.5, 0.6) is 5.75 Å². The van der Waals surface area contributed by atoms with Crippen molar-refractivity contribution >= 4 is 80.1 Å². The number of rotatable bonds is 5. The minimum Gasteiger partial charge on any atom is -0.492 e. The molecule has 0 bridgehead atoms. The largest absolute Gasteiger partial charge is 0.492 e. The highest BCUT2D eigenvalue weighted by atomic mass is 127. The van der Waals surface area contributed by atoms with E-state index >= 15 is 0 Å². The maximum absolute atomic E-state index is 12.8. The van der Waals surface area contributed by atoms with Crippen molar-refractivity contribution in [1.29, 1.82) is 0 Å². The number of likely N-dealkylation sites (tertiary alicyclic amines) is 1. The van der Waals surface area contributed by atoms with Crippen LogP contribution in [0.3, 0.4) is 0 Å². The van der Waals surface area contributed by atoms with Crippen molar-refractivity contribution in [1.82, 2.24) is 9.80 Å². The summed E-state index contributed by atoms with van der Waals surface area (Å²) in [6.45, 7) is 5.75. The van der Waals surface area contributed by atoms with Gasteiger partial charge in [0.05, 0.1) is 15.1 Å². The van der Waals surface area contributed by atoms with Gasteiger partial charge in [-0.2, -0.15) is 0 Å². The maximum Gasteiger partial charge on any atom is 0.294 e. The molecule has 2 fully saturated rings. The van der Waals surface area contributed by atoms with Gasteiger partial charge >= 0.3 is 0 Å². The lowest BCUT2D eigenvalue weighted by Gasteiger charge is -2.31. The topological polar surface area (TPSA) is 66.9 Å². The number of ether oxygens (including phenoxy) is 1. The van der Waals surface area contributed by atoms with Gasteiger partial charge in [0.15, 0.2) is 0 Å². The molecule has 2 aliphatic rings. The van der Waals surface area contributed by atoms with Gasteiger partial charge in [0.25, 0.3) is 11.1 Å². The Morgan fingerprint density at radius 2 is 1.97 bits per heavy atom. The van der Waals surface area contributed by atoms with Crippen LogP contribution in [0.2, 0.25) is 0 Å². The second-order valence-corrected chi connectivity index (χ2v) is 10.5. The van der Waals surface area contributed by atoms with Crippen LogP contribution in [0, 0.1) is 13.1 Å². The smallest absolute Gasteiger partial charge is 0.294 e. The maximum atomic E-state index is 12.8. The van der Waals surface area contributed by atoms with Crippen LogP contribution in [-0.2, 0) is 9.59 Å². The van der Waals surface area contributed by atoms with E-state index in [1.54, 1.807) is 11.0 Å². The van der Waals surface area contributed by atoms with Crippen LogP contribution < -0.4 is 4.74 Å². The fourth-order valence-electron chi connectivity index (χ4n) is 3.25. The molecule has 0 aromatic heterocycles. The van der Waals surface area contributed by atoms with E-state index in [2.05, 4.69) is 52.1 Å². The lowest BCUT2D eigenvalue weighted by Crippen LogP contribution is -2.45. The van der Waals surface area contributed by atoms with Crippen molar-refractivity contribution < 1.29 is 19.1 Å². The Balaban J connectivity index is 1.78. The molecule has 1 aromatic rings. The van der Waals surface area contributed by atoms with Crippen LogP contribution >= 0.6 is 56.9 Å². The Kier molecular flexibility index (Phi) is 7.87. The summed E-state index contributed by atoms with van der Waals surface area (Å²) in [5.74, 6) is 0.711. The predicted molar refractivity (Wildman–Crippen MR) is 131 cm³/mol. The lowest BCUT2D eigenvalue weighted by atomic mass is 9.99. The van der Waals surface area contributed by atoms with E-state index in [0.717, 1.165) is 42.2 Å². The zero-order chi connectivity index (χ0) is 21.1. The van der Waals surface area contributed by atoms with Crippen molar-refractivity contribution in [2.75, 3.05) is 26.2 Å². The Labute approximate surface area is 202 Å². The zero-order valence-electron chi connectivity index (χ0n) is 16.2. The van der Waals surface area contributed by atoms with Crippen molar-refractivity contribution in [3.05, 3.63) is 29.7 Å². The molecule has 3 rings (SSSR count). The van der Waals surface area contributed by atoms with Gasteiger partial charge in [-0.25, -0.2) is 0 Å². The molecule has 1 aromatic carbocycles. The van der Waals surface area contributed by atoms with Crippen LogP contribution in [0.15, 0.2) is 17.0 Å². The van der Waals surface area contributed by atoms with E-state index in [-0.39, 0.29) is 12.5 Å². The number of carbonyl (C=O) groups excluding carboxylic acids is 3. The normalized spacial score (nSPS) is 19.4. The van der Waals surface area contributed by atoms with Crippen molar-refractivity contribution in [2.45, 2.75) is 26.7 Å². The molecule has 0 spiro atoms. The first kappa shape index (κ1) is 22.9. The second kappa shape index (κ2) is 9.99. The fourth-order valence-corrected chi connectivity index (χ4v) is 6.13. The minimum absolute atomic E-state index is 0.167. The molecule has 0 unspecified atom stereocenters. The Morgan fingerprint density at radius 3 is 2.62 bits per heavy atom. The average Bonchev–Trinajstić information content (AvgIpc) is 2.92. The van der Waals surface area contributed by atoms with Crippen LogP contribution in [0.1, 0.15) is 32.3 Å². The molecule has 9 heteroatoms. The molecular formula is C20H22I2N2O4S. The summed E-state index contributed by atoms with van der Waals surface area (Å²) in [5.41, 5.74) is 0.755. The molecule has 29 heavy (non-hydrogen) atoms.